The molecule has 1 aromatic carbocycles. The predicted octanol–water partition coefficient (Wildman–Crippen LogP) is 2.51. The van der Waals surface area contributed by atoms with Gasteiger partial charge < -0.3 is 15.2 Å². The summed E-state index contributed by atoms with van der Waals surface area (Å²) in [7, 11) is 0. The Kier molecular flexibility index (Phi) is 4.61. The molecule has 0 bridgehead atoms. The fourth-order valence-corrected chi connectivity index (χ4v) is 1.90. The van der Waals surface area contributed by atoms with Gasteiger partial charge >= 0.3 is 0 Å². The first kappa shape index (κ1) is 13.4. The maximum atomic E-state index is 10.0. The van der Waals surface area contributed by atoms with Crippen LogP contribution in [0.25, 0.3) is 0 Å². The van der Waals surface area contributed by atoms with Crippen LogP contribution < -0.4 is 10.1 Å². The van der Waals surface area contributed by atoms with Crippen molar-refractivity contribution in [2.24, 2.45) is 5.92 Å². The molecule has 2 rings (SSSR count). The van der Waals surface area contributed by atoms with Gasteiger partial charge in [-0.2, -0.15) is 0 Å². The number of rotatable bonds is 7. The summed E-state index contributed by atoms with van der Waals surface area (Å²) in [5.41, 5.74) is 0.939. The van der Waals surface area contributed by atoms with Crippen molar-refractivity contribution in [3.05, 3.63) is 29.8 Å². The van der Waals surface area contributed by atoms with E-state index in [1.54, 1.807) is 0 Å². The maximum Gasteiger partial charge on any atom is 0.119 e. The molecule has 0 heterocycles. The van der Waals surface area contributed by atoms with Crippen LogP contribution in [-0.2, 0) is 0 Å². The molecular weight excluding hydrogens is 226 g/mol. The molecule has 2 N–H and O–H groups in total. The van der Waals surface area contributed by atoms with E-state index < -0.39 is 6.10 Å². The third kappa shape index (κ3) is 4.31. The fraction of sp³-hybridized carbons (Fsp3) is 0.600. The standard InChI is InChI=1S/C15H23NO2/c1-11(2)18-14-7-5-13(6-8-14)15(17)10-16-9-12-3-4-12/h5-8,11-12,15-17H,3-4,9-10H2,1-2H3. The lowest BCUT2D eigenvalue weighted by atomic mass is 10.1. The minimum absolute atomic E-state index is 0.181. The van der Waals surface area contributed by atoms with E-state index in [0.717, 1.165) is 23.8 Å². The molecule has 1 atom stereocenters. The summed E-state index contributed by atoms with van der Waals surface area (Å²) >= 11 is 0. The zero-order chi connectivity index (χ0) is 13.0. The van der Waals surface area contributed by atoms with Crippen LogP contribution in [0, 0.1) is 5.92 Å². The highest BCUT2D eigenvalue weighted by Crippen LogP contribution is 2.27. The van der Waals surface area contributed by atoms with Gasteiger partial charge in [0, 0.05) is 6.54 Å². The topological polar surface area (TPSA) is 41.5 Å². The zero-order valence-corrected chi connectivity index (χ0v) is 11.2. The molecule has 1 unspecified atom stereocenters. The monoisotopic (exact) mass is 249 g/mol. The smallest absolute Gasteiger partial charge is 0.119 e. The Morgan fingerprint density at radius 1 is 1.28 bits per heavy atom. The molecule has 0 spiro atoms. The molecule has 3 nitrogen and oxygen atoms in total. The highest BCUT2D eigenvalue weighted by Gasteiger charge is 2.20. The van der Waals surface area contributed by atoms with Crippen molar-refractivity contribution in [2.75, 3.05) is 13.1 Å². The van der Waals surface area contributed by atoms with Crippen molar-refractivity contribution >= 4 is 0 Å². The lowest BCUT2D eigenvalue weighted by molar-refractivity contribution is 0.174. The number of aliphatic hydroxyl groups excluding tert-OH is 1. The van der Waals surface area contributed by atoms with Crippen molar-refractivity contribution in [1.29, 1.82) is 0 Å². The normalized spacial score (nSPS) is 16.9. The van der Waals surface area contributed by atoms with Crippen LogP contribution in [0.3, 0.4) is 0 Å². The Morgan fingerprint density at radius 3 is 2.50 bits per heavy atom. The van der Waals surface area contributed by atoms with Crippen molar-refractivity contribution in [1.82, 2.24) is 5.32 Å². The highest BCUT2D eigenvalue weighted by atomic mass is 16.5. The molecule has 0 aromatic heterocycles. The Hall–Kier alpha value is -1.06. The summed E-state index contributed by atoms with van der Waals surface area (Å²) in [6.45, 7) is 5.67. The number of hydrogen-bond donors (Lipinski definition) is 2. The van der Waals surface area contributed by atoms with Gasteiger partial charge in [0.25, 0.3) is 0 Å². The van der Waals surface area contributed by atoms with Gasteiger partial charge in [0.2, 0.25) is 0 Å². The quantitative estimate of drug-likeness (QED) is 0.780. The zero-order valence-electron chi connectivity index (χ0n) is 11.2. The van der Waals surface area contributed by atoms with E-state index >= 15 is 0 Å². The van der Waals surface area contributed by atoms with Crippen molar-refractivity contribution in [2.45, 2.75) is 38.9 Å². The average molecular weight is 249 g/mol. The lowest BCUT2D eigenvalue weighted by Crippen LogP contribution is -2.23. The van der Waals surface area contributed by atoms with E-state index in [2.05, 4.69) is 5.32 Å². The molecule has 0 amide bonds. The number of nitrogens with one attached hydrogen (secondary N) is 1. The van der Waals surface area contributed by atoms with Gasteiger partial charge in [-0.05, 0) is 56.8 Å². The molecule has 0 aliphatic heterocycles. The molecule has 1 fully saturated rings. The Bertz CT molecular complexity index is 357. The highest BCUT2D eigenvalue weighted by molar-refractivity contribution is 5.28. The largest absolute Gasteiger partial charge is 0.491 e. The molecule has 100 valence electrons. The van der Waals surface area contributed by atoms with Crippen LogP contribution in [0.15, 0.2) is 24.3 Å². The lowest BCUT2D eigenvalue weighted by Gasteiger charge is -2.14. The molecule has 1 saturated carbocycles. The van der Waals surface area contributed by atoms with Crippen molar-refractivity contribution in [3.63, 3.8) is 0 Å². The van der Waals surface area contributed by atoms with Crippen molar-refractivity contribution < 1.29 is 9.84 Å². The Morgan fingerprint density at radius 2 is 1.94 bits per heavy atom. The third-order valence-corrected chi connectivity index (χ3v) is 3.10. The summed E-state index contributed by atoms with van der Waals surface area (Å²) in [6, 6.07) is 7.70. The van der Waals surface area contributed by atoms with Crippen LogP contribution in [0.1, 0.15) is 38.4 Å². The van der Waals surface area contributed by atoms with E-state index in [9.17, 15) is 5.11 Å². The van der Waals surface area contributed by atoms with Crippen LogP contribution in [0.2, 0.25) is 0 Å². The second-order valence-electron chi connectivity index (χ2n) is 5.35. The summed E-state index contributed by atoms with van der Waals surface area (Å²) in [5, 5.41) is 13.3. The van der Waals surface area contributed by atoms with Gasteiger partial charge in [-0.1, -0.05) is 12.1 Å². The van der Waals surface area contributed by atoms with E-state index in [1.807, 2.05) is 38.1 Å². The van der Waals surface area contributed by atoms with Crippen LogP contribution in [0.5, 0.6) is 5.75 Å². The average Bonchev–Trinajstić information content (AvgIpc) is 3.13. The van der Waals surface area contributed by atoms with Crippen LogP contribution in [-0.4, -0.2) is 24.3 Å². The molecule has 1 aliphatic rings. The Balaban J connectivity index is 1.79. The second-order valence-corrected chi connectivity index (χ2v) is 5.35. The molecular formula is C15H23NO2. The predicted molar refractivity (Wildman–Crippen MR) is 72.8 cm³/mol. The summed E-state index contributed by atoms with van der Waals surface area (Å²) in [6.07, 6.45) is 2.42. The first-order valence-electron chi connectivity index (χ1n) is 6.80. The maximum absolute atomic E-state index is 10.0. The second kappa shape index (κ2) is 6.21. The van der Waals surface area contributed by atoms with Gasteiger partial charge in [0.15, 0.2) is 0 Å². The summed E-state index contributed by atoms with van der Waals surface area (Å²) in [5.74, 6) is 1.70. The van der Waals surface area contributed by atoms with Crippen LogP contribution >= 0.6 is 0 Å². The van der Waals surface area contributed by atoms with Crippen molar-refractivity contribution in [3.8, 4) is 5.75 Å². The van der Waals surface area contributed by atoms with E-state index in [-0.39, 0.29) is 6.10 Å². The number of benzene rings is 1. The first-order chi connectivity index (χ1) is 8.65. The van der Waals surface area contributed by atoms with Gasteiger partial charge in [0.1, 0.15) is 5.75 Å². The van der Waals surface area contributed by atoms with Gasteiger partial charge in [-0.25, -0.2) is 0 Å². The minimum atomic E-state index is -0.433. The number of aliphatic hydroxyl groups is 1. The van der Waals surface area contributed by atoms with Crippen LogP contribution in [0.4, 0.5) is 0 Å². The fourth-order valence-electron chi connectivity index (χ4n) is 1.90. The molecule has 1 aliphatic carbocycles. The van der Waals surface area contributed by atoms with Gasteiger partial charge in [-0.3, -0.25) is 0 Å². The minimum Gasteiger partial charge on any atom is -0.491 e. The SMILES string of the molecule is CC(C)Oc1ccc(C(O)CNCC2CC2)cc1. The first-order valence-corrected chi connectivity index (χ1v) is 6.80. The van der Waals surface area contributed by atoms with Gasteiger partial charge in [-0.15, -0.1) is 0 Å². The molecule has 0 radical (unpaired) electrons. The van der Waals surface area contributed by atoms with E-state index in [0.29, 0.717) is 6.54 Å². The Labute approximate surface area is 109 Å². The number of hydrogen-bond acceptors (Lipinski definition) is 3. The van der Waals surface area contributed by atoms with E-state index in [1.165, 1.54) is 12.8 Å². The molecule has 3 heteroatoms. The third-order valence-electron chi connectivity index (χ3n) is 3.10. The summed E-state index contributed by atoms with van der Waals surface area (Å²) in [4.78, 5) is 0. The molecule has 1 aromatic rings. The summed E-state index contributed by atoms with van der Waals surface area (Å²) < 4.78 is 5.57. The van der Waals surface area contributed by atoms with E-state index in [4.69, 9.17) is 4.74 Å². The number of ether oxygens (including phenoxy) is 1. The molecule has 0 saturated heterocycles. The molecule has 18 heavy (non-hydrogen) atoms. The van der Waals surface area contributed by atoms with Gasteiger partial charge in [0.05, 0.1) is 12.2 Å².